The monoisotopic (exact) mass is 159 g/mol. The van der Waals surface area contributed by atoms with Crippen LogP contribution in [0.4, 0.5) is 0 Å². The van der Waals surface area contributed by atoms with Crippen molar-refractivity contribution in [1.82, 2.24) is 5.32 Å². The highest BCUT2D eigenvalue weighted by Crippen LogP contribution is 2.03. The van der Waals surface area contributed by atoms with Gasteiger partial charge >= 0.3 is 0 Å². The highest BCUT2D eigenvalue weighted by Gasteiger charge is 2.02. The maximum Gasteiger partial charge on any atom is 0.0462 e. The summed E-state index contributed by atoms with van der Waals surface area (Å²) in [7, 11) is 3.79. The van der Waals surface area contributed by atoms with E-state index in [4.69, 9.17) is 4.74 Å². The van der Waals surface area contributed by atoms with Crippen molar-refractivity contribution in [3.8, 4) is 0 Å². The van der Waals surface area contributed by atoms with Crippen LogP contribution in [0.15, 0.2) is 0 Å². The van der Waals surface area contributed by atoms with Gasteiger partial charge in [-0.2, -0.15) is 0 Å². The van der Waals surface area contributed by atoms with Crippen LogP contribution < -0.4 is 5.32 Å². The quantitative estimate of drug-likeness (QED) is 0.572. The second kappa shape index (κ2) is 8.02. The largest absolute Gasteiger partial charge is 0.385 e. The Hall–Kier alpha value is -0.0800. The minimum absolute atomic E-state index is 0.690. The molecule has 1 N–H and O–H groups in total. The topological polar surface area (TPSA) is 21.3 Å². The van der Waals surface area contributed by atoms with E-state index in [9.17, 15) is 0 Å². The summed E-state index contributed by atoms with van der Waals surface area (Å²) in [6, 6.07) is 0.690. The summed E-state index contributed by atoms with van der Waals surface area (Å²) in [6.07, 6.45) is 4.94. The van der Waals surface area contributed by atoms with Crippen LogP contribution in [0, 0.1) is 0 Å². The van der Waals surface area contributed by atoms with Crippen LogP contribution in [0.25, 0.3) is 0 Å². The van der Waals surface area contributed by atoms with Gasteiger partial charge in [-0.15, -0.1) is 0 Å². The third-order valence-corrected chi connectivity index (χ3v) is 1.95. The molecule has 1 unspecified atom stereocenters. The second-order valence-corrected chi connectivity index (χ2v) is 2.91. The zero-order valence-electron chi connectivity index (χ0n) is 8.02. The number of ether oxygens (including phenoxy) is 1. The maximum absolute atomic E-state index is 4.99. The van der Waals surface area contributed by atoms with Gasteiger partial charge in [0.15, 0.2) is 0 Å². The first-order chi connectivity index (χ1) is 5.35. The summed E-state index contributed by atoms with van der Waals surface area (Å²) in [5.41, 5.74) is 0. The van der Waals surface area contributed by atoms with Gasteiger partial charge in [-0.05, 0) is 26.3 Å². The molecule has 0 aromatic heterocycles. The SMILES string of the molecule is CCCC(CCCOC)NC. The number of methoxy groups -OCH3 is 1. The average Bonchev–Trinajstić information content (AvgIpc) is 2.03. The lowest BCUT2D eigenvalue weighted by Crippen LogP contribution is -2.25. The van der Waals surface area contributed by atoms with Gasteiger partial charge < -0.3 is 10.1 Å². The normalized spacial score (nSPS) is 13.4. The zero-order valence-corrected chi connectivity index (χ0v) is 8.02. The van der Waals surface area contributed by atoms with E-state index in [1.807, 2.05) is 7.05 Å². The number of hydrogen-bond donors (Lipinski definition) is 1. The summed E-state index contributed by atoms with van der Waals surface area (Å²) in [6.45, 7) is 3.11. The van der Waals surface area contributed by atoms with Crippen LogP contribution >= 0.6 is 0 Å². The Labute approximate surface area is 70.3 Å². The summed E-state index contributed by atoms with van der Waals surface area (Å²) in [5, 5.41) is 3.31. The molecule has 11 heavy (non-hydrogen) atoms. The molecule has 2 nitrogen and oxygen atoms in total. The molecule has 0 aliphatic rings. The van der Waals surface area contributed by atoms with E-state index in [-0.39, 0.29) is 0 Å². The van der Waals surface area contributed by atoms with Gasteiger partial charge in [0.25, 0.3) is 0 Å². The first-order valence-electron chi connectivity index (χ1n) is 4.51. The molecule has 0 fully saturated rings. The van der Waals surface area contributed by atoms with E-state index in [2.05, 4.69) is 12.2 Å². The Kier molecular flexibility index (Phi) is 7.96. The fourth-order valence-corrected chi connectivity index (χ4v) is 1.26. The highest BCUT2D eigenvalue weighted by atomic mass is 16.5. The molecule has 2 heteroatoms. The minimum Gasteiger partial charge on any atom is -0.385 e. The molecule has 0 radical (unpaired) electrons. The van der Waals surface area contributed by atoms with Crippen molar-refractivity contribution in [3.63, 3.8) is 0 Å². The van der Waals surface area contributed by atoms with Crippen LogP contribution in [-0.4, -0.2) is 26.8 Å². The van der Waals surface area contributed by atoms with Crippen molar-refractivity contribution < 1.29 is 4.74 Å². The first-order valence-corrected chi connectivity index (χ1v) is 4.51. The van der Waals surface area contributed by atoms with Crippen LogP contribution in [0.3, 0.4) is 0 Å². The van der Waals surface area contributed by atoms with Gasteiger partial charge in [0.1, 0.15) is 0 Å². The van der Waals surface area contributed by atoms with Gasteiger partial charge in [0.2, 0.25) is 0 Å². The zero-order chi connectivity index (χ0) is 8.53. The lowest BCUT2D eigenvalue weighted by molar-refractivity contribution is 0.188. The number of nitrogens with one attached hydrogen (secondary N) is 1. The molecule has 0 aliphatic heterocycles. The minimum atomic E-state index is 0.690. The lowest BCUT2D eigenvalue weighted by Gasteiger charge is -2.14. The molecule has 0 aromatic rings. The van der Waals surface area contributed by atoms with Crippen LogP contribution in [-0.2, 0) is 4.74 Å². The maximum atomic E-state index is 4.99. The smallest absolute Gasteiger partial charge is 0.0462 e. The lowest BCUT2D eigenvalue weighted by atomic mass is 10.1. The van der Waals surface area contributed by atoms with Crippen molar-refractivity contribution in [1.29, 1.82) is 0 Å². The van der Waals surface area contributed by atoms with E-state index in [0.29, 0.717) is 6.04 Å². The molecule has 1 atom stereocenters. The first kappa shape index (κ1) is 10.9. The van der Waals surface area contributed by atoms with E-state index in [1.54, 1.807) is 7.11 Å². The van der Waals surface area contributed by atoms with E-state index in [1.165, 1.54) is 25.7 Å². The molecule has 0 saturated carbocycles. The molecule has 0 spiro atoms. The Morgan fingerprint density at radius 1 is 1.36 bits per heavy atom. The average molecular weight is 159 g/mol. The summed E-state index contributed by atoms with van der Waals surface area (Å²) in [4.78, 5) is 0. The van der Waals surface area contributed by atoms with Crippen molar-refractivity contribution in [2.45, 2.75) is 38.6 Å². The predicted molar refractivity (Wildman–Crippen MR) is 48.9 cm³/mol. The summed E-state index contributed by atoms with van der Waals surface area (Å²) in [5.74, 6) is 0. The second-order valence-electron chi connectivity index (χ2n) is 2.91. The van der Waals surface area contributed by atoms with Crippen LogP contribution in [0.2, 0.25) is 0 Å². The van der Waals surface area contributed by atoms with Gasteiger partial charge in [-0.1, -0.05) is 13.3 Å². The molecular formula is C9H21NO. The molecule has 0 aromatic carbocycles. The Balaban J connectivity index is 3.20. The van der Waals surface area contributed by atoms with Crippen LogP contribution in [0.1, 0.15) is 32.6 Å². The molecule has 0 amide bonds. The molecule has 0 bridgehead atoms. The highest BCUT2D eigenvalue weighted by molar-refractivity contribution is 4.62. The number of rotatable bonds is 7. The molecule has 0 heterocycles. The van der Waals surface area contributed by atoms with Crippen molar-refractivity contribution in [2.75, 3.05) is 20.8 Å². The third kappa shape index (κ3) is 6.32. The predicted octanol–water partition coefficient (Wildman–Crippen LogP) is 1.80. The van der Waals surface area contributed by atoms with Gasteiger partial charge in [-0.3, -0.25) is 0 Å². The van der Waals surface area contributed by atoms with Gasteiger partial charge in [0, 0.05) is 19.8 Å². The molecule has 0 aliphatic carbocycles. The fraction of sp³-hybridized carbons (Fsp3) is 1.00. The Bertz CT molecular complexity index is 76.0. The Morgan fingerprint density at radius 2 is 2.09 bits per heavy atom. The van der Waals surface area contributed by atoms with Gasteiger partial charge in [0.05, 0.1) is 0 Å². The van der Waals surface area contributed by atoms with Crippen LogP contribution in [0.5, 0.6) is 0 Å². The van der Waals surface area contributed by atoms with E-state index < -0.39 is 0 Å². The Morgan fingerprint density at radius 3 is 2.55 bits per heavy atom. The summed E-state index contributed by atoms with van der Waals surface area (Å²) < 4.78 is 4.99. The van der Waals surface area contributed by atoms with E-state index >= 15 is 0 Å². The van der Waals surface area contributed by atoms with E-state index in [0.717, 1.165) is 6.61 Å². The number of hydrogen-bond acceptors (Lipinski definition) is 2. The third-order valence-electron chi connectivity index (χ3n) is 1.95. The van der Waals surface area contributed by atoms with Crippen molar-refractivity contribution in [3.05, 3.63) is 0 Å². The standard InChI is InChI=1S/C9H21NO/c1-4-6-9(10-2)7-5-8-11-3/h9-10H,4-8H2,1-3H3. The van der Waals surface area contributed by atoms with Gasteiger partial charge in [-0.25, -0.2) is 0 Å². The molecule has 68 valence electrons. The molecule has 0 saturated heterocycles. The fourth-order valence-electron chi connectivity index (χ4n) is 1.26. The molecular weight excluding hydrogens is 138 g/mol. The molecule has 0 rings (SSSR count). The summed E-state index contributed by atoms with van der Waals surface area (Å²) >= 11 is 0. The van der Waals surface area contributed by atoms with Crippen molar-refractivity contribution in [2.24, 2.45) is 0 Å². The van der Waals surface area contributed by atoms with Crippen molar-refractivity contribution >= 4 is 0 Å².